The number of hydrazone groups is 1. The van der Waals surface area contributed by atoms with E-state index in [1.807, 2.05) is 0 Å². The number of hydrogen-bond donors (Lipinski definition) is 0. The van der Waals surface area contributed by atoms with Crippen LogP contribution in [-0.2, 0) is 0 Å². The minimum absolute atomic E-state index is 0.529. The van der Waals surface area contributed by atoms with Crippen molar-refractivity contribution < 1.29 is 4.39 Å². The summed E-state index contributed by atoms with van der Waals surface area (Å²) in [4.78, 5) is 0. The van der Waals surface area contributed by atoms with Crippen molar-refractivity contribution in [2.24, 2.45) is 5.10 Å². The Morgan fingerprint density at radius 1 is 1.75 bits per heavy atom. The van der Waals surface area contributed by atoms with Gasteiger partial charge in [0.05, 0.1) is 6.21 Å². The maximum Gasteiger partial charge on any atom is 0.136 e. The summed E-state index contributed by atoms with van der Waals surface area (Å²) >= 11 is 0. The highest BCUT2D eigenvalue weighted by Gasteiger charge is 1.79. The van der Waals surface area contributed by atoms with Crippen LogP contribution in [0.2, 0.25) is 0 Å². The van der Waals surface area contributed by atoms with Gasteiger partial charge in [0.2, 0.25) is 0 Å². The van der Waals surface area contributed by atoms with Crippen LogP contribution in [0.1, 0.15) is 0 Å². The Morgan fingerprint density at radius 2 is 2.25 bits per heavy atom. The summed E-state index contributed by atoms with van der Waals surface area (Å²) in [6.07, 6.45) is 1.06. The molecule has 0 aromatic heterocycles. The lowest BCUT2D eigenvalue weighted by Gasteiger charge is -1.99. The van der Waals surface area contributed by atoms with Crippen LogP contribution in [0.3, 0.4) is 0 Å². The molecule has 3 heteroatoms. The predicted octanol–water partition coefficient (Wildman–Crippen LogP) is 1.02. The van der Waals surface area contributed by atoms with Gasteiger partial charge in [-0.2, -0.15) is 5.10 Å². The minimum atomic E-state index is -0.529. The van der Waals surface area contributed by atoms with Crippen molar-refractivity contribution in [1.82, 2.24) is 5.01 Å². The average molecular weight is 116 g/mol. The van der Waals surface area contributed by atoms with Crippen molar-refractivity contribution in [3.63, 3.8) is 0 Å². The van der Waals surface area contributed by atoms with E-state index in [1.54, 1.807) is 14.1 Å². The number of rotatable bonds is 2. The fourth-order valence-electron chi connectivity index (χ4n) is 0.178. The summed E-state index contributed by atoms with van der Waals surface area (Å²) in [7, 11) is 3.42. The molecule has 0 fully saturated rings. The van der Waals surface area contributed by atoms with Crippen molar-refractivity contribution >= 4 is 6.21 Å². The van der Waals surface area contributed by atoms with Gasteiger partial charge in [0.25, 0.3) is 0 Å². The second kappa shape index (κ2) is 3.18. The van der Waals surface area contributed by atoms with Gasteiger partial charge in [-0.05, 0) is 0 Å². The third-order valence-corrected chi connectivity index (χ3v) is 0.429. The largest absolute Gasteiger partial charge is 0.303 e. The number of allylic oxidation sites excluding steroid dienone is 1. The maximum absolute atomic E-state index is 11.7. The van der Waals surface area contributed by atoms with Crippen molar-refractivity contribution in [3.8, 4) is 0 Å². The maximum atomic E-state index is 11.7. The Hall–Kier alpha value is -0.860. The normalized spacial score (nSPS) is 9.88. The zero-order valence-corrected chi connectivity index (χ0v) is 5.06. The Labute approximate surface area is 48.3 Å². The molecule has 0 atom stereocenters. The average Bonchev–Trinajstić information content (AvgIpc) is 1.61. The second-order valence-corrected chi connectivity index (χ2v) is 1.54. The lowest BCUT2D eigenvalue weighted by Crippen LogP contribution is -2.01. The minimum Gasteiger partial charge on any atom is -0.303 e. The van der Waals surface area contributed by atoms with Crippen LogP contribution < -0.4 is 0 Å². The first kappa shape index (κ1) is 7.14. The van der Waals surface area contributed by atoms with Gasteiger partial charge in [0.1, 0.15) is 5.83 Å². The van der Waals surface area contributed by atoms with Gasteiger partial charge < -0.3 is 5.01 Å². The summed E-state index contributed by atoms with van der Waals surface area (Å²) in [6.45, 7) is 2.98. The van der Waals surface area contributed by atoms with E-state index in [-0.39, 0.29) is 0 Å². The van der Waals surface area contributed by atoms with Crippen molar-refractivity contribution in [1.29, 1.82) is 0 Å². The molecule has 0 saturated heterocycles. The summed E-state index contributed by atoms with van der Waals surface area (Å²) < 4.78 is 11.7. The lowest BCUT2D eigenvalue weighted by atomic mass is 10.7. The van der Waals surface area contributed by atoms with Gasteiger partial charge in [-0.25, -0.2) is 4.39 Å². The van der Waals surface area contributed by atoms with E-state index < -0.39 is 5.83 Å². The molecule has 0 aromatic carbocycles. The Morgan fingerprint density at radius 3 is 2.38 bits per heavy atom. The molecule has 46 valence electrons. The molecule has 0 N–H and O–H groups in total. The smallest absolute Gasteiger partial charge is 0.136 e. The summed E-state index contributed by atoms with van der Waals surface area (Å²) in [5, 5.41) is 5.05. The SMILES string of the molecule is C=C(F)/C=N/N(C)C. The van der Waals surface area contributed by atoms with Crippen LogP contribution in [0.25, 0.3) is 0 Å². The molecule has 2 nitrogen and oxygen atoms in total. The van der Waals surface area contributed by atoms with E-state index in [0.29, 0.717) is 0 Å². The predicted molar refractivity (Wildman–Crippen MR) is 32.4 cm³/mol. The molecular formula is C5H9FN2. The molecule has 0 rings (SSSR count). The van der Waals surface area contributed by atoms with Crippen molar-refractivity contribution in [2.75, 3.05) is 14.1 Å². The molecule has 0 bridgehead atoms. The van der Waals surface area contributed by atoms with Gasteiger partial charge in [0, 0.05) is 14.1 Å². The Bertz CT molecular complexity index is 107. The highest BCUT2D eigenvalue weighted by atomic mass is 19.1. The molecule has 0 heterocycles. The van der Waals surface area contributed by atoms with Gasteiger partial charge in [-0.1, -0.05) is 6.58 Å². The summed E-state index contributed by atoms with van der Waals surface area (Å²) in [5.41, 5.74) is 0. The van der Waals surface area contributed by atoms with Crippen LogP contribution in [-0.4, -0.2) is 25.3 Å². The van der Waals surface area contributed by atoms with Crippen molar-refractivity contribution in [2.45, 2.75) is 0 Å². The second-order valence-electron chi connectivity index (χ2n) is 1.54. The molecule has 0 aliphatic heterocycles. The third-order valence-electron chi connectivity index (χ3n) is 0.429. The lowest BCUT2D eigenvalue weighted by molar-refractivity contribution is 0.439. The van der Waals surface area contributed by atoms with Gasteiger partial charge in [-0.15, -0.1) is 0 Å². The molecule has 0 saturated carbocycles. The molecule has 0 aromatic rings. The van der Waals surface area contributed by atoms with Crippen LogP contribution in [0, 0.1) is 0 Å². The van der Waals surface area contributed by atoms with Crippen LogP contribution in [0.4, 0.5) is 4.39 Å². The Balaban J connectivity index is 3.50. The van der Waals surface area contributed by atoms with E-state index in [4.69, 9.17) is 0 Å². The highest BCUT2D eigenvalue weighted by molar-refractivity contribution is 5.74. The van der Waals surface area contributed by atoms with Gasteiger partial charge in [0.15, 0.2) is 0 Å². The van der Waals surface area contributed by atoms with Crippen LogP contribution in [0.5, 0.6) is 0 Å². The first-order valence-corrected chi connectivity index (χ1v) is 2.18. The first-order chi connectivity index (χ1) is 3.63. The number of halogens is 1. The van der Waals surface area contributed by atoms with Crippen LogP contribution in [0.15, 0.2) is 17.5 Å². The Kier molecular flexibility index (Phi) is 2.84. The van der Waals surface area contributed by atoms with E-state index in [9.17, 15) is 4.39 Å². The molecule has 8 heavy (non-hydrogen) atoms. The fraction of sp³-hybridized carbons (Fsp3) is 0.400. The van der Waals surface area contributed by atoms with Gasteiger partial charge in [-0.3, -0.25) is 0 Å². The number of hydrogen-bond acceptors (Lipinski definition) is 2. The summed E-state index contributed by atoms with van der Waals surface area (Å²) in [5.74, 6) is -0.529. The third kappa shape index (κ3) is 5.14. The van der Waals surface area contributed by atoms with Gasteiger partial charge >= 0.3 is 0 Å². The van der Waals surface area contributed by atoms with E-state index >= 15 is 0 Å². The molecule has 0 spiro atoms. The monoisotopic (exact) mass is 116 g/mol. The molecule has 0 aliphatic rings. The van der Waals surface area contributed by atoms with E-state index in [1.165, 1.54) is 5.01 Å². The molecular weight excluding hydrogens is 107 g/mol. The molecule has 0 unspecified atom stereocenters. The molecule has 0 aliphatic carbocycles. The molecule has 0 radical (unpaired) electrons. The zero-order valence-electron chi connectivity index (χ0n) is 5.06. The molecule has 0 amide bonds. The standard InChI is InChI=1S/C5H9FN2/c1-5(6)4-7-8(2)3/h4H,1H2,2-3H3/b7-4+. The fourth-order valence-corrected chi connectivity index (χ4v) is 0.178. The van der Waals surface area contributed by atoms with E-state index in [0.717, 1.165) is 6.21 Å². The summed E-state index contributed by atoms with van der Waals surface area (Å²) in [6, 6.07) is 0. The zero-order chi connectivity index (χ0) is 6.57. The van der Waals surface area contributed by atoms with E-state index in [2.05, 4.69) is 11.7 Å². The highest BCUT2D eigenvalue weighted by Crippen LogP contribution is 1.84. The number of nitrogens with zero attached hydrogens (tertiary/aromatic N) is 2. The first-order valence-electron chi connectivity index (χ1n) is 2.18. The van der Waals surface area contributed by atoms with Crippen LogP contribution >= 0.6 is 0 Å². The quantitative estimate of drug-likeness (QED) is 0.388. The van der Waals surface area contributed by atoms with Crippen molar-refractivity contribution in [3.05, 3.63) is 12.4 Å². The topological polar surface area (TPSA) is 15.6 Å².